The molecule has 0 aliphatic heterocycles. The van der Waals surface area contributed by atoms with Gasteiger partial charge in [-0.15, -0.1) is 0 Å². The highest BCUT2D eigenvalue weighted by Crippen LogP contribution is 2.30. The lowest BCUT2D eigenvalue weighted by Gasteiger charge is -2.15. The molecule has 0 heterocycles. The minimum Gasteiger partial charge on any atom is -0.496 e. The average molecular weight is 322 g/mol. The molecule has 0 aliphatic rings. The van der Waals surface area contributed by atoms with E-state index in [2.05, 4.69) is 73.6 Å². The van der Waals surface area contributed by atoms with Gasteiger partial charge in [0.25, 0.3) is 0 Å². The number of aliphatic imine (C=N–C) groups is 1. The molecule has 0 radical (unpaired) electrons. The van der Waals surface area contributed by atoms with Crippen LogP contribution in [0.1, 0.15) is 30.0 Å². The molecule has 126 valence electrons. The van der Waals surface area contributed by atoms with Gasteiger partial charge in [0.2, 0.25) is 0 Å². The summed E-state index contributed by atoms with van der Waals surface area (Å²) < 4.78 is 5.59. The van der Waals surface area contributed by atoms with Crippen molar-refractivity contribution in [3.8, 4) is 16.9 Å². The van der Waals surface area contributed by atoms with Crippen molar-refractivity contribution < 1.29 is 4.74 Å². The van der Waals surface area contributed by atoms with E-state index in [-0.39, 0.29) is 0 Å². The molecule has 0 fully saturated rings. The van der Waals surface area contributed by atoms with Crippen molar-refractivity contribution >= 4 is 5.84 Å². The van der Waals surface area contributed by atoms with E-state index in [1.807, 2.05) is 6.20 Å². The van der Waals surface area contributed by atoms with Crippen LogP contribution in [0.2, 0.25) is 0 Å². The van der Waals surface area contributed by atoms with Gasteiger partial charge in [0.05, 0.1) is 7.11 Å². The van der Waals surface area contributed by atoms with Crippen LogP contribution < -0.4 is 10.1 Å². The summed E-state index contributed by atoms with van der Waals surface area (Å²) in [6.45, 7) is 6.26. The second-order valence-corrected chi connectivity index (χ2v) is 5.74. The SMILES string of the molecule is CC/C=C/NC(=NC)c1cc(-c2ccc(C)cc2)cc(OC)c1C. The number of nitrogens with one attached hydrogen (secondary N) is 1. The molecule has 0 saturated carbocycles. The van der Waals surface area contributed by atoms with Crippen LogP contribution in [0, 0.1) is 13.8 Å². The molecular weight excluding hydrogens is 296 g/mol. The lowest BCUT2D eigenvalue weighted by atomic mass is 9.97. The minimum atomic E-state index is 0.837. The highest BCUT2D eigenvalue weighted by atomic mass is 16.5. The Morgan fingerprint density at radius 3 is 2.42 bits per heavy atom. The molecule has 0 spiro atoms. The fraction of sp³-hybridized carbons (Fsp3) is 0.286. The van der Waals surface area contributed by atoms with E-state index in [1.165, 1.54) is 11.1 Å². The topological polar surface area (TPSA) is 33.6 Å². The number of nitrogens with zero attached hydrogens (tertiary/aromatic N) is 1. The number of allylic oxidation sites excluding steroid dienone is 1. The molecule has 3 nitrogen and oxygen atoms in total. The van der Waals surface area contributed by atoms with Gasteiger partial charge in [-0.05, 0) is 49.7 Å². The van der Waals surface area contributed by atoms with E-state index in [0.29, 0.717) is 0 Å². The van der Waals surface area contributed by atoms with Crippen molar-refractivity contribution in [2.75, 3.05) is 14.2 Å². The monoisotopic (exact) mass is 322 g/mol. The fourth-order valence-electron chi connectivity index (χ4n) is 2.58. The highest BCUT2D eigenvalue weighted by Gasteiger charge is 2.13. The van der Waals surface area contributed by atoms with E-state index >= 15 is 0 Å². The van der Waals surface area contributed by atoms with Gasteiger partial charge in [0.15, 0.2) is 0 Å². The number of benzene rings is 2. The van der Waals surface area contributed by atoms with Crippen molar-refractivity contribution in [1.82, 2.24) is 5.32 Å². The third-order valence-corrected chi connectivity index (χ3v) is 4.02. The molecule has 0 bridgehead atoms. The zero-order valence-corrected chi connectivity index (χ0v) is 15.2. The molecule has 0 aromatic heterocycles. The predicted octanol–water partition coefficient (Wildman–Crippen LogP) is 4.87. The zero-order valence-electron chi connectivity index (χ0n) is 15.2. The van der Waals surface area contributed by atoms with Crippen LogP contribution in [-0.4, -0.2) is 20.0 Å². The summed E-state index contributed by atoms with van der Waals surface area (Å²) in [5.74, 6) is 1.70. The molecule has 24 heavy (non-hydrogen) atoms. The smallest absolute Gasteiger partial charge is 0.132 e. The van der Waals surface area contributed by atoms with Gasteiger partial charge in [-0.25, -0.2) is 0 Å². The zero-order chi connectivity index (χ0) is 17.5. The van der Waals surface area contributed by atoms with Crippen molar-refractivity contribution in [3.05, 3.63) is 65.4 Å². The molecule has 1 N–H and O–H groups in total. The Morgan fingerprint density at radius 1 is 1.12 bits per heavy atom. The number of methoxy groups -OCH3 is 1. The number of hydrogen-bond donors (Lipinski definition) is 1. The summed E-state index contributed by atoms with van der Waals surface area (Å²) in [4.78, 5) is 4.41. The lowest BCUT2D eigenvalue weighted by molar-refractivity contribution is 0.412. The van der Waals surface area contributed by atoms with Crippen LogP contribution in [-0.2, 0) is 0 Å². The molecule has 2 aromatic rings. The molecular formula is C21H26N2O. The van der Waals surface area contributed by atoms with Gasteiger partial charge in [-0.3, -0.25) is 4.99 Å². The Balaban J connectivity index is 2.52. The van der Waals surface area contributed by atoms with Crippen molar-refractivity contribution in [1.29, 1.82) is 0 Å². The molecule has 2 aromatic carbocycles. The number of rotatable bonds is 5. The predicted molar refractivity (Wildman–Crippen MR) is 103 cm³/mol. The van der Waals surface area contributed by atoms with Gasteiger partial charge in [-0.1, -0.05) is 42.8 Å². The van der Waals surface area contributed by atoms with Crippen LogP contribution >= 0.6 is 0 Å². The summed E-state index contributed by atoms with van der Waals surface area (Å²) in [6, 6.07) is 12.8. The first-order valence-electron chi connectivity index (χ1n) is 8.25. The van der Waals surface area contributed by atoms with Gasteiger partial charge in [0.1, 0.15) is 11.6 Å². The van der Waals surface area contributed by atoms with E-state index in [1.54, 1.807) is 14.2 Å². The number of hydrogen-bond acceptors (Lipinski definition) is 2. The molecule has 0 saturated heterocycles. The Bertz CT molecular complexity index is 743. The fourth-order valence-corrected chi connectivity index (χ4v) is 2.58. The standard InChI is InChI=1S/C21H26N2O/c1-6-7-12-23-21(22-4)19-13-18(14-20(24-5)16(19)3)17-10-8-15(2)9-11-17/h7-14H,6H2,1-5H3,(H,22,23)/b12-7+. The van der Waals surface area contributed by atoms with Crippen molar-refractivity contribution in [3.63, 3.8) is 0 Å². The van der Waals surface area contributed by atoms with Gasteiger partial charge < -0.3 is 10.1 Å². The van der Waals surface area contributed by atoms with E-state index in [9.17, 15) is 0 Å². The normalized spacial score (nSPS) is 11.8. The first-order valence-corrected chi connectivity index (χ1v) is 8.25. The maximum atomic E-state index is 5.59. The Kier molecular flexibility index (Phi) is 6.19. The summed E-state index contributed by atoms with van der Waals surface area (Å²) >= 11 is 0. The maximum absolute atomic E-state index is 5.59. The molecule has 0 amide bonds. The van der Waals surface area contributed by atoms with Crippen molar-refractivity contribution in [2.24, 2.45) is 4.99 Å². The average Bonchev–Trinajstić information content (AvgIpc) is 2.60. The minimum absolute atomic E-state index is 0.837. The van der Waals surface area contributed by atoms with Crippen LogP contribution in [0.4, 0.5) is 0 Å². The molecule has 0 aliphatic carbocycles. The van der Waals surface area contributed by atoms with Gasteiger partial charge >= 0.3 is 0 Å². The second kappa shape index (κ2) is 8.34. The van der Waals surface area contributed by atoms with Crippen LogP contribution in [0.5, 0.6) is 5.75 Å². The highest BCUT2D eigenvalue weighted by molar-refractivity contribution is 6.02. The quantitative estimate of drug-likeness (QED) is 0.629. The van der Waals surface area contributed by atoms with E-state index in [0.717, 1.165) is 34.7 Å². The summed E-state index contributed by atoms with van der Waals surface area (Å²) in [5, 5.41) is 3.28. The van der Waals surface area contributed by atoms with Crippen molar-refractivity contribution in [2.45, 2.75) is 27.2 Å². The number of aryl methyl sites for hydroxylation is 1. The first-order chi connectivity index (χ1) is 11.6. The molecule has 0 atom stereocenters. The van der Waals surface area contributed by atoms with Crippen LogP contribution in [0.3, 0.4) is 0 Å². The van der Waals surface area contributed by atoms with Gasteiger partial charge in [-0.2, -0.15) is 0 Å². The van der Waals surface area contributed by atoms with Crippen LogP contribution in [0.25, 0.3) is 11.1 Å². The second-order valence-electron chi connectivity index (χ2n) is 5.74. The lowest BCUT2D eigenvalue weighted by Crippen LogP contribution is -2.20. The molecule has 0 unspecified atom stereocenters. The number of amidine groups is 1. The Hall–Kier alpha value is -2.55. The van der Waals surface area contributed by atoms with E-state index in [4.69, 9.17) is 4.74 Å². The first kappa shape index (κ1) is 17.8. The maximum Gasteiger partial charge on any atom is 0.132 e. The third kappa shape index (κ3) is 4.05. The summed E-state index contributed by atoms with van der Waals surface area (Å²) in [5.41, 5.74) is 5.66. The van der Waals surface area contributed by atoms with E-state index < -0.39 is 0 Å². The summed E-state index contributed by atoms with van der Waals surface area (Å²) in [6.07, 6.45) is 4.99. The number of ether oxygens (including phenoxy) is 1. The molecule has 2 rings (SSSR count). The Labute approximate surface area is 145 Å². The molecule has 3 heteroatoms. The third-order valence-electron chi connectivity index (χ3n) is 4.02. The largest absolute Gasteiger partial charge is 0.496 e. The van der Waals surface area contributed by atoms with Crippen LogP contribution in [0.15, 0.2) is 53.7 Å². The summed E-state index contributed by atoms with van der Waals surface area (Å²) in [7, 11) is 3.50. The van der Waals surface area contributed by atoms with Gasteiger partial charge in [0, 0.05) is 18.2 Å². The Morgan fingerprint density at radius 2 is 1.83 bits per heavy atom.